The van der Waals surface area contributed by atoms with E-state index in [0.717, 1.165) is 17.9 Å². The smallest absolute Gasteiger partial charge is 0.244 e. The lowest BCUT2D eigenvalue weighted by Crippen LogP contribution is -2.36. The van der Waals surface area contributed by atoms with Gasteiger partial charge in [-0.1, -0.05) is 0 Å². The van der Waals surface area contributed by atoms with Crippen LogP contribution in [0.2, 0.25) is 0 Å². The molecule has 0 aliphatic carbocycles. The van der Waals surface area contributed by atoms with Gasteiger partial charge in [0, 0.05) is 36.8 Å². The van der Waals surface area contributed by atoms with Crippen LogP contribution in [0.4, 0.5) is 0 Å². The summed E-state index contributed by atoms with van der Waals surface area (Å²) in [5, 5.41) is 9.36. The largest absolute Gasteiger partial charge is 0.390 e. The van der Waals surface area contributed by atoms with E-state index >= 15 is 0 Å². The van der Waals surface area contributed by atoms with Crippen LogP contribution >= 0.6 is 11.8 Å². The summed E-state index contributed by atoms with van der Waals surface area (Å²) in [6.45, 7) is 3.77. The van der Waals surface area contributed by atoms with Gasteiger partial charge in [-0.2, -0.15) is 16.1 Å². The van der Waals surface area contributed by atoms with Gasteiger partial charge >= 0.3 is 0 Å². The molecule has 0 bridgehead atoms. The number of thioether (sulfide) groups is 1. The summed E-state index contributed by atoms with van der Waals surface area (Å²) < 4.78 is 28.6. The lowest BCUT2D eigenvalue weighted by molar-refractivity contribution is 0.268. The zero-order chi connectivity index (χ0) is 14.9. The van der Waals surface area contributed by atoms with Crippen LogP contribution in [0.3, 0.4) is 0 Å². The van der Waals surface area contributed by atoms with Crippen molar-refractivity contribution < 1.29 is 13.5 Å². The van der Waals surface area contributed by atoms with E-state index in [4.69, 9.17) is 0 Å². The van der Waals surface area contributed by atoms with Gasteiger partial charge in [0.25, 0.3) is 0 Å². The second kappa shape index (κ2) is 6.09. The van der Waals surface area contributed by atoms with Crippen molar-refractivity contribution in [3.05, 3.63) is 18.0 Å². The SMILES string of the molecule is CC(C)n1cc(S(=O)(=O)N(C)C2CCSC2)cc1CO. The molecule has 1 aromatic heterocycles. The molecule has 1 atom stereocenters. The maximum absolute atomic E-state index is 12.6. The van der Waals surface area contributed by atoms with Crippen LogP contribution < -0.4 is 0 Å². The van der Waals surface area contributed by atoms with Crippen molar-refractivity contribution in [1.82, 2.24) is 8.87 Å². The average Bonchev–Trinajstić information content (AvgIpc) is 3.06. The first kappa shape index (κ1) is 15.9. The number of nitrogens with zero attached hydrogens (tertiary/aromatic N) is 2. The third kappa shape index (κ3) is 2.90. The molecule has 1 unspecified atom stereocenters. The highest BCUT2D eigenvalue weighted by atomic mass is 32.2. The predicted octanol–water partition coefficient (Wildman–Crippen LogP) is 1.69. The first-order chi connectivity index (χ1) is 9.37. The molecule has 0 radical (unpaired) electrons. The minimum atomic E-state index is -3.48. The molecule has 1 saturated heterocycles. The van der Waals surface area contributed by atoms with Crippen molar-refractivity contribution in [1.29, 1.82) is 0 Å². The highest BCUT2D eigenvalue weighted by Crippen LogP contribution is 2.28. The molecule has 0 saturated carbocycles. The molecule has 2 heterocycles. The van der Waals surface area contributed by atoms with Crippen molar-refractivity contribution in [2.75, 3.05) is 18.6 Å². The van der Waals surface area contributed by atoms with E-state index in [-0.39, 0.29) is 23.6 Å². The summed E-state index contributed by atoms with van der Waals surface area (Å²) in [5.74, 6) is 1.87. The third-order valence-electron chi connectivity index (χ3n) is 3.72. The normalized spacial score (nSPS) is 20.2. The quantitative estimate of drug-likeness (QED) is 0.897. The Morgan fingerprint density at radius 2 is 2.25 bits per heavy atom. The second-order valence-corrected chi connectivity index (χ2v) is 8.51. The van der Waals surface area contributed by atoms with Crippen LogP contribution in [0.15, 0.2) is 17.2 Å². The van der Waals surface area contributed by atoms with Crippen molar-refractivity contribution in [2.45, 2.75) is 43.9 Å². The Labute approximate surface area is 125 Å². The Kier molecular flexibility index (Phi) is 4.84. The van der Waals surface area contributed by atoms with Crippen LogP contribution in [-0.4, -0.2) is 47.0 Å². The number of rotatable bonds is 5. The van der Waals surface area contributed by atoms with E-state index in [0.29, 0.717) is 5.69 Å². The van der Waals surface area contributed by atoms with Crippen LogP contribution in [0.1, 0.15) is 32.0 Å². The summed E-state index contributed by atoms with van der Waals surface area (Å²) in [4.78, 5) is 0.273. The number of hydrogen-bond acceptors (Lipinski definition) is 4. The highest BCUT2D eigenvalue weighted by Gasteiger charge is 2.31. The molecule has 0 spiro atoms. The number of aliphatic hydroxyl groups is 1. The van der Waals surface area contributed by atoms with Crippen LogP contribution in [-0.2, 0) is 16.6 Å². The predicted molar refractivity (Wildman–Crippen MR) is 81.4 cm³/mol. The van der Waals surface area contributed by atoms with Gasteiger partial charge in [-0.3, -0.25) is 0 Å². The molecule has 5 nitrogen and oxygen atoms in total. The molecule has 1 N–H and O–H groups in total. The van der Waals surface area contributed by atoms with Gasteiger partial charge in [-0.25, -0.2) is 8.42 Å². The van der Waals surface area contributed by atoms with Gasteiger partial charge in [-0.15, -0.1) is 0 Å². The Balaban J connectivity index is 2.33. The fourth-order valence-corrected chi connectivity index (χ4v) is 5.22. The zero-order valence-electron chi connectivity index (χ0n) is 12.1. The number of sulfonamides is 1. The fraction of sp³-hybridized carbons (Fsp3) is 0.692. The molecule has 0 amide bonds. The van der Waals surface area contributed by atoms with Gasteiger partial charge in [0.2, 0.25) is 10.0 Å². The summed E-state index contributed by atoms with van der Waals surface area (Å²) >= 11 is 1.79. The summed E-state index contributed by atoms with van der Waals surface area (Å²) in [6.07, 6.45) is 2.53. The Morgan fingerprint density at radius 3 is 2.70 bits per heavy atom. The van der Waals surface area contributed by atoms with Gasteiger partial charge in [0.05, 0.1) is 6.61 Å². The van der Waals surface area contributed by atoms with E-state index < -0.39 is 10.0 Å². The van der Waals surface area contributed by atoms with Gasteiger partial charge in [0.1, 0.15) is 4.90 Å². The lowest BCUT2D eigenvalue weighted by atomic mass is 10.3. The molecule has 7 heteroatoms. The molecule has 1 aliphatic heterocycles. The maximum Gasteiger partial charge on any atom is 0.244 e. The second-order valence-electron chi connectivity index (χ2n) is 5.36. The summed E-state index contributed by atoms with van der Waals surface area (Å²) in [6, 6.07) is 1.77. The van der Waals surface area contributed by atoms with Gasteiger partial charge in [-0.05, 0) is 32.1 Å². The molecule has 20 heavy (non-hydrogen) atoms. The molecule has 2 rings (SSSR count). The topological polar surface area (TPSA) is 62.5 Å². The summed E-state index contributed by atoms with van der Waals surface area (Å²) in [5.41, 5.74) is 0.632. The first-order valence-electron chi connectivity index (χ1n) is 6.75. The third-order valence-corrected chi connectivity index (χ3v) is 6.74. The number of hydrogen-bond donors (Lipinski definition) is 1. The maximum atomic E-state index is 12.6. The van der Waals surface area contributed by atoms with E-state index in [2.05, 4.69) is 0 Å². The van der Waals surface area contributed by atoms with Crippen LogP contribution in [0.5, 0.6) is 0 Å². The molecular weight excluding hydrogens is 296 g/mol. The van der Waals surface area contributed by atoms with Crippen molar-refractivity contribution in [3.8, 4) is 0 Å². The monoisotopic (exact) mass is 318 g/mol. The fourth-order valence-electron chi connectivity index (χ4n) is 2.42. The molecule has 1 aromatic rings. The standard InChI is InChI=1S/C13H22N2O3S2/c1-10(2)15-7-13(6-12(15)8-16)20(17,18)14(3)11-4-5-19-9-11/h6-7,10-11,16H,4-5,8-9H2,1-3H3. The van der Waals surface area contributed by atoms with E-state index in [1.54, 1.807) is 31.1 Å². The van der Waals surface area contributed by atoms with E-state index in [1.165, 1.54) is 4.31 Å². The Bertz CT molecular complexity index is 560. The van der Waals surface area contributed by atoms with Crippen molar-refractivity contribution in [3.63, 3.8) is 0 Å². The van der Waals surface area contributed by atoms with Crippen molar-refractivity contribution >= 4 is 21.8 Å². The average molecular weight is 318 g/mol. The Hall–Kier alpha value is -0.500. The van der Waals surface area contributed by atoms with Crippen LogP contribution in [0.25, 0.3) is 0 Å². The minimum Gasteiger partial charge on any atom is -0.390 e. The summed E-state index contributed by atoms with van der Waals surface area (Å²) in [7, 11) is -1.83. The molecule has 1 aliphatic rings. The van der Waals surface area contributed by atoms with Crippen LogP contribution in [0, 0.1) is 0 Å². The highest BCUT2D eigenvalue weighted by molar-refractivity contribution is 7.99. The lowest BCUT2D eigenvalue weighted by Gasteiger charge is -2.22. The molecule has 0 aromatic carbocycles. The van der Waals surface area contributed by atoms with E-state index in [1.807, 2.05) is 18.4 Å². The molecule has 1 fully saturated rings. The molecular formula is C13H22N2O3S2. The van der Waals surface area contributed by atoms with Crippen molar-refractivity contribution in [2.24, 2.45) is 0 Å². The van der Waals surface area contributed by atoms with E-state index in [9.17, 15) is 13.5 Å². The zero-order valence-corrected chi connectivity index (χ0v) is 13.7. The van der Waals surface area contributed by atoms with Gasteiger partial charge in [0.15, 0.2) is 0 Å². The number of aliphatic hydroxyl groups excluding tert-OH is 1. The Morgan fingerprint density at radius 1 is 1.55 bits per heavy atom. The minimum absolute atomic E-state index is 0.0741. The first-order valence-corrected chi connectivity index (χ1v) is 9.34. The number of aromatic nitrogens is 1. The molecule has 114 valence electrons. The van der Waals surface area contributed by atoms with Gasteiger partial charge < -0.3 is 9.67 Å².